The molecule has 3 heteroatoms. The summed E-state index contributed by atoms with van der Waals surface area (Å²) in [6.07, 6.45) is 4.33. The molecule has 1 unspecified atom stereocenters. The largest absolute Gasteiger partial charge is 0.379 e. The average molecular weight is 210 g/mol. The van der Waals surface area contributed by atoms with Crippen molar-refractivity contribution < 1.29 is 4.74 Å². The number of rotatable bonds is 2. The van der Waals surface area contributed by atoms with E-state index in [2.05, 4.69) is 10.2 Å². The molecule has 1 spiro atoms. The number of ether oxygens (including phenoxy) is 1. The summed E-state index contributed by atoms with van der Waals surface area (Å²) in [5.41, 5.74) is 0.754. The lowest BCUT2D eigenvalue weighted by Crippen LogP contribution is -2.39. The van der Waals surface area contributed by atoms with Crippen molar-refractivity contribution in [3.05, 3.63) is 0 Å². The quantitative estimate of drug-likeness (QED) is 0.726. The van der Waals surface area contributed by atoms with Crippen molar-refractivity contribution in [3.63, 3.8) is 0 Å². The van der Waals surface area contributed by atoms with Crippen LogP contribution in [0, 0.1) is 11.3 Å². The van der Waals surface area contributed by atoms with E-state index in [1.54, 1.807) is 0 Å². The summed E-state index contributed by atoms with van der Waals surface area (Å²) in [7, 11) is 0. The molecule has 1 aliphatic carbocycles. The Hall–Kier alpha value is -0.120. The molecule has 0 radical (unpaired) electrons. The van der Waals surface area contributed by atoms with Crippen molar-refractivity contribution in [1.29, 1.82) is 0 Å². The molecule has 0 bridgehead atoms. The lowest BCUT2D eigenvalue weighted by molar-refractivity contribution is 0.0333. The fraction of sp³-hybridized carbons (Fsp3) is 1.00. The minimum Gasteiger partial charge on any atom is -0.379 e. The monoisotopic (exact) mass is 210 g/mol. The number of hydrogen-bond acceptors (Lipinski definition) is 3. The van der Waals surface area contributed by atoms with Gasteiger partial charge in [0.1, 0.15) is 0 Å². The molecule has 0 aromatic carbocycles. The summed E-state index contributed by atoms with van der Waals surface area (Å²) in [6, 6.07) is 0. The second-order valence-corrected chi connectivity index (χ2v) is 5.43. The van der Waals surface area contributed by atoms with E-state index in [0.717, 1.165) is 37.6 Å². The van der Waals surface area contributed by atoms with Crippen LogP contribution in [0.4, 0.5) is 0 Å². The third-order valence-electron chi connectivity index (χ3n) is 4.54. The summed E-state index contributed by atoms with van der Waals surface area (Å²) in [4.78, 5) is 2.60. The third-order valence-corrected chi connectivity index (χ3v) is 4.54. The van der Waals surface area contributed by atoms with Crippen LogP contribution in [0.1, 0.15) is 19.3 Å². The Morgan fingerprint density at radius 1 is 1.20 bits per heavy atom. The zero-order chi connectivity index (χ0) is 10.1. The maximum atomic E-state index is 5.39. The fourth-order valence-corrected chi connectivity index (χ4v) is 3.32. The molecule has 3 nitrogen and oxygen atoms in total. The molecule has 2 aliphatic heterocycles. The Morgan fingerprint density at radius 2 is 1.93 bits per heavy atom. The van der Waals surface area contributed by atoms with Crippen molar-refractivity contribution in [2.75, 3.05) is 45.9 Å². The first-order chi connectivity index (χ1) is 7.39. The summed E-state index contributed by atoms with van der Waals surface area (Å²) in [5, 5.41) is 3.47. The van der Waals surface area contributed by atoms with Gasteiger partial charge in [0.25, 0.3) is 0 Å². The zero-order valence-electron chi connectivity index (χ0n) is 9.50. The highest BCUT2D eigenvalue weighted by molar-refractivity contribution is 5.05. The van der Waals surface area contributed by atoms with E-state index in [1.807, 2.05) is 0 Å². The molecule has 3 fully saturated rings. The molecule has 0 amide bonds. The van der Waals surface area contributed by atoms with Crippen LogP contribution in [-0.2, 0) is 4.74 Å². The lowest BCUT2D eigenvalue weighted by Gasteiger charge is -2.29. The van der Waals surface area contributed by atoms with Crippen molar-refractivity contribution in [3.8, 4) is 0 Å². The predicted molar refractivity (Wildman–Crippen MR) is 59.9 cm³/mol. The van der Waals surface area contributed by atoms with E-state index in [-0.39, 0.29) is 0 Å². The second-order valence-electron chi connectivity index (χ2n) is 5.43. The van der Waals surface area contributed by atoms with Gasteiger partial charge in [0.2, 0.25) is 0 Å². The van der Waals surface area contributed by atoms with Gasteiger partial charge >= 0.3 is 0 Å². The smallest absolute Gasteiger partial charge is 0.0594 e. The molecular formula is C12H22N2O. The van der Waals surface area contributed by atoms with E-state index >= 15 is 0 Å². The number of nitrogens with zero attached hydrogens (tertiary/aromatic N) is 1. The van der Waals surface area contributed by atoms with E-state index in [9.17, 15) is 0 Å². The van der Waals surface area contributed by atoms with Gasteiger partial charge in [-0.1, -0.05) is 0 Å². The number of hydrogen-bond donors (Lipinski definition) is 1. The van der Waals surface area contributed by atoms with Crippen LogP contribution in [0.15, 0.2) is 0 Å². The highest BCUT2D eigenvalue weighted by atomic mass is 16.5. The molecular weight excluding hydrogens is 188 g/mol. The van der Waals surface area contributed by atoms with E-state index in [4.69, 9.17) is 4.74 Å². The molecule has 1 saturated carbocycles. The van der Waals surface area contributed by atoms with Crippen molar-refractivity contribution in [2.24, 2.45) is 11.3 Å². The molecule has 1 atom stereocenters. The highest BCUT2D eigenvalue weighted by Gasteiger charge is 2.53. The van der Waals surface area contributed by atoms with Gasteiger partial charge in [-0.05, 0) is 43.7 Å². The van der Waals surface area contributed by atoms with Crippen molar-refractivity contribution in [1.82, 2.24) is 10.2 Å². The molecule has 2 heterocycles. The first-order valence-electron chi connectivity index (χ1n) is 6.40. The SMILES string of the molecule is C1CC2(CCN1)CC2CN1CCOCC1. The van der Waals surface area contributed by atoms with Crippen molar-refractivity contribution >= 4 is 0 Å². The Kier molecular flexibility index (Phi) is 2.71. The predicted octanol–water partition coefficient (Wildman–Crippen LogP) is 0.708. The Bertz CT molecular complexity index is 220. The maximum Gasteiger partial charge on any atom is 0.0594 e. The van der Waals surface area contributed by atoms with Crippen LogP contribution in [-0.4, -0.2) is 50.8 Å². The van der Waals surface area contributed by atoms with E-state index in [0.29, 0.717) is 0 Å². The van der Waals surface area contributed by atoms with Crippen LogP contribution in [0.5, 0.6) is 0 Å². The van der Waals surface area contributed by atoms with Crippen LogP contribution in [0.3, 0.4) is 0 Å². The van der Waals surface area contributed by atoms with Crippen LogP contribution < -0.4 is 5.32 Å². The minimum atomic E-state index is 0.754. The van der Waals surface area contributed by atoms with Gasteiger partial charge < -0.3 is 10.1 Å². The first kappa shape index (κ1) is 10.1. The van der Waals surface area contributed by atoms with Crippen LogP contribution >= 0.6 is 0 Å². The summed E-state index contributed by atoms with van der Waals surface area (Å²) >= 11 is 0. The lowest BCUT2D eigenvalue weighted by atomic mass is 9.92. The summed E-state index contributed by atoms with van der Waals surface area (Å²) < 4.78 is 5.39. The van der Waals surface area contributed by atoms with Gasteiger partial charge in [0.05, 0.1) is 13.2 Å². The van der Waals surface area contributed by atoms with E-state index in [1.165, 1.54) is 38.9 Å². The molecule has 3 aliphatic rings. The summed E-state index contributed by atoms with van der Waals surface area (Å²) in [5.74, 6) is 0.998. The van der Waals surface area contributed by atoms with Crippen LogP contribution in [0.25, 0.3) is 0 Å². The topological polar surface area (TPSA) is 24.5 Å². The van der Waals surface area contributed by atoms with Gasteiger partial charge in [-0.2, -0.15) is 0 Å². The van der Waals surface area contributed by atoms with Gasteiger partial charge in [0.15, 0.2) is 0 Å². The number of nitrogens with one attached hydrogen (secondary N) is 1. The molecule has 2 saturated heterocycles. The molecule has 3 rings (SSSR count). The summed E-state index contributed by atoms with van der Waals surface area (Å²) in [6.45, 7) is 8.04. The Morgan fingerprint density at radius 3 is 2.67 bits per heavy atom. The standard InChI is InChI=1S/C12H22N2O/c1-3-13-4-2-12(1)9-11(12)10-14-5-7-15-8-6-14/h11,13H,1-10H2. The van der Waals surface area contributed by atoms with Gasteiger partial charge in [-0.25, -0.2) is 0 Å². The Balaban J connectivity index is 1.48. The van der Waals surface area contributed by atoms with Gasteiger partial charge in [-0.15, -0.1) is 0 Å². The molecule has 1 N–H and O–H groups in total. The number of piperidine rings is 1. The Labute approximate surface area is 92.2 Å². The molecule has 86 valence electrons. The van der Waals surface area contributed by atoms with E-state index < -0.39 is 0 Å². The molecule has 0 aromatic rings. The van der Waals surface area contributed by atoms with Crippen LogP contribution in [0.2, 0.25) is 0 Å². The van der Waals surface area contributed by atoms with Crippen molar-refractivity contribution in [2.45, 2.75) is 19.3 Å². The molecule has 0 aromatic heterocycles. The number of morpholine rings is 1. The first-order valence-corrected chi connectivity index (χ1v) is 6.40. The highest BCUT2D eigenvalue weighted by Crippen LogP contribution is 2.58. The second kappa shape index (κ2) is 4.04. The fourth-order valence-electron chi connectivity index (χ4n) is 3.32. The zero-order valence-corrected chi connectivity index (χ0v) is 9.50. The maximum absolute atomic E-state index is 5.39. The van der Waals surface area contributed by atoms with Gasteiger partial charge in [0, 0.05) is 19.6 Å². The minimum absolute atomic E-state index is 0.754. The third kappa shape index (κ3) is 2.05. The average Bonchev–Trinajstić information content (AvgIpc) is 2.93. The molecule has 15 heavy (non-hydrogen) atoms. The van der Waals surface area contributed by atoms with Gasteiger partial charge in [-0.3, -0.25) is 4.90 Å². The normalized spacial score (nSPS) is 35.6.